The number of fused-ring (bicyclic) bond motifs is 1. The van der Waals surface area contributed by atoms with Crippen LogP contribution in [0.3, 0.4) is 0 Å². The van der Waals surface area contributed by atoms with Gasteiger partial charge in [-0.05, 0) is 49.6 Å². The van der Waals surface area contributed by atoms with Crippen LogP contribution in [0.5, 0.6) is 0 Å². The van der Waals surface area contributed by atoms with Gasteiger partial charge in [0.15, 0.2) is 0 Å². The van der Waals surface area contributed by atoms with Crippen LogP contribution < -0.4 is 10.5 Å². The summed E-state index contributed by atoms with van der Waals surface area (Å²) in [5.41, 5.74) is 4.23. The minimum atomic E-state index is -0.130. The van der Waals surface area contributed by atoms with E-state index in [1.165, 1.54) is 16.6 Å². The van der Waals surface area contributed by atoms with E-state index in [1.807, 2.05) is 32.0 Å². The molecule has 4 rings (SSSR count). The van der Waals surface area contributed by atoms with Crippen molar-refractivity contribution in [1.82, 2.24) is 9.66 Å². The highest BCUT2D eigenvalue weighted by atomic mass is 32.1. The van der Waals surface area contributed by atoms with Gasteiger partial charge in [0.1, 0.15) is 11.2 Å². The molecular formula is C24H24N4OS. The van der Waals surface area contributed by atoms with Crippen LogP contribution in [0.15, 0.2) is 70.8 Å². The second-order valence-electron chi connectivity index (χ2n) is 7.19. The molecule has 0 aliphatic rings. The van der Waals surface area contributed by atoms with Crippen molar-refractivity contribution in [3.63, 3.8) is 0 Å². The van der Waals surface area contributed by atoms with Gasteiger partial charge in [0, 0.05) is 23.7 Å². The first-order chi connectivity index (χ1) is 14.6. The van der Waals surface area contributed by atoms with Crippen molar-refractivity contribution in [3.8, 4) is 0 Å². The maximum atomic E-state index is 12.7. The normalized spacial score (nSPS) is 11.4. The van der Waals surface area contributed by atoms with Crippen molar-refractivity contribution in [2.45, 2.75) is 27.3 Å². The topological polar surface area (TPSA) is 50.5 Å². The zero-order valence-electron chi connectivity index (χ0n) is 17.4. The second kappa shape index (κ2) is 8.63. The van der Waals surface area contributed by atoms with Crippen molar-refractivity contribution in [2.24, 2.45) is 5.10 Å². The lowest BCUT2D eigenvalue weighted by Gasteiger charge is -2.23. The van der Waals surface area contributed by atoms with E-state index in [-0.39, 0.29) is 5.56 Å². The number of thiophene rings is 1. The van der Waals surface area contributed by atoms with Gasteiger partial charge < -0.3 is 4.90 Å². The molecule has 0 unspecified atom stereocenters. The average Bonchev–Trinajstić information content (AvgIpc) is 3.07. The summed E-state index contributed by atoms with van der Waals surface area (Å²) >= 11 is 1.54. The Bertz CT molecular complexity index is 1240. The van der Waals surface area contributed by atoms with Crippen molar-refractivity contribution in [1.29, 1.82) is 0 Å². The molecule has 0 saturated heterocycles. The maximum Gasteiger partial charge on any atom is 0.282 e. The van der Waals surface area contributed by atoms with Crippen LogP contribution in [0.2, 0.25) is 0 Å². The number of aromatic nitrogens is 2. The predicted molar refractivity (Wildman–Crippen MR) is 126 cm³/mol. The lowest BCUT2D eigenvalue weighted by Crippen LogP contribution is -2.21. The highest BCUT2D eigenvalue weighted by Gasteiger charge is 2.11. The maximum absolute atomic E-state index is 12.7. The van der Waals surface area contributed by atoms with Crippen LogP contribution in [-0.4, -0.2) is 22.4 Å². The fourth-order valence-electron chi connectivity index (χ4n) is 3.40. The quantitative estimate of drug-likeness (QED) is 0.416. The molecule has 0 radical (unpaired) electrons. The molecule has 30 heavy (non-hydrogen) atoms. The average molecular weight is 417 g/mol. The first kappa shape index (κ1) is 20.0. The van der Waals surface area contributed by atoms with Gasteiger partial charge in [-0.25, -0.2) is 4.98 Å². The molecule has 5 nitrogen and oxygen atoms in total. The third-order valence-corrected chi connectivity index (χ3v) is 6.38. The molecule has 0 N–H and O–H groups in total. The summed E-state index contributed by atoms with van der Waals surface area (Å²) in [6.07, 6.45) is 3.18. The summed E-state index contributed by atoms with van der Waals surface area (Å²) in [6.45, 7) is 7.91. The van der Waals surface area contributed by atoms with E-state index in [1.54, 1.807) is 17.6 Å². The number of aryl methyl sites for hydroxylation is 2. The van der Waals surface area contributed by atoms with E-state index in [2.05, 4.69) is 58.3 Å². The molecule has 0 amide bonds. The number of hydrogen-bond acceptors (Lipinski definition) is 5. The molecule has 0 atom stereocenters. The fourth-order valence-corrected chi connectivity index (χ4v) is 4.39. The van der Waals surface area contributed by atoms with E-state index in [0.717, 1.165) is 39.6 Å². The molecule has 0 aliphatic carbocycles. The van der Waals surface area contributed by atoms with Gasteiger partial charge in [-0.2, -0.15) is 9.78 Å². The zero-order valence-corrected chi connectivity index (χ0v) is 18.2. The largest absolute Gasteiger partial charge is 0.367 e. The fraction of sp³-hybridized carbons (Fsp3) is 0.208. The summed E-state index contributed by atoms with van der Waals surface area (Å²) < 4.78 is 1.31. The SMILES string of the molecule is CCN(Cc1ccccc1)c1ccc(/C=N/n2cnc3sc(C)c(C)c3c2=O)cc1. The molecule has 0 bridgehead atoms. The standard InChI is InChI=1S/C24H24N4OS/c1-4-27(15-20-8-6-5-7-9-20)21-12-10-19(11-13-21)14-26-28-16-25-23-22(24(28)29)17(2)18(3)30-23/h5-14,16H,4,15H2,1-3H3/b26-14+. The molecule has 2 aromatic carbocycles. The van der Waals surface area contributed by atoms with Gasteiger partial charge in [-0.1, -0.05) is 42.5 Å². The van der Waals surface area contributed by atoms with E-state index in [0.29, 0.717) is 5.39 Å². The Morgan fingerprint density at radius 3 is 2.53 bits per heavy atom. The number of benzene rings is 2. The van der Waals surface area contributed by atoms with Crippen LogP contribution in [-0.2, 0) is 6.54 Å². The van der Waals surface area contributed by atoms with E-state index in [9.17, 15) is 4.79 Å². The Morgan fingerprint density at radius 1 is 1.10 bits per heavy atom. The lowest BCUT2D eigenvalue weighted by molar-refractivity contribution is 0.818. The van der Waals surface area contributed by atoms with Crippen LogP contribution in [0.4, 0.5) is 5.69 Å². The van der Waals surface area contributed by atoms with Crippen molar-refractivity contribution in [3.05, 3.63) is 92.8 Å². The van der Waals surface area contributed by atoms with Crippen LogP contribution in [0, 0.1) is 13.8 Å². The van der Waals surface area contributed by atoms with Gasteiger partial charge in [0.25, 0.3) is 5.56 Å². The van der Waals surface area contributed by atoms with E-state index >= 15 is 0 Å². The summed E-state index contributed by atoms with van der Waals surface area (Å²) in [5.74, 6) is 0. The Kier molecular flexibility index (Phi) is 5.77. The molecule has 0 aliphatic heterocycles. The molecule has 0 spiro atoms. The zero-order chi connectivity index (χ0) is 21.1. The van der Waals surface area contributed by atoms with Crippen LogP contribution in [0.25, 0.3) is 10.2 Å². The first-order valence-corrected chi connectivity index (χ1v) is 10.8. The Hall–Kier alpha value is -3.25. The first-order valence-electron chi connectivity index (χ1n) is 9.97. The molecule has 4 aromatic rings. The van der Waals surface area contributed by atoms with Gasteiger partial charge in [0.2, 0.25) is 0 Å². The van der Waals surface area contributed by atoms with E-state index in [4.69, 9.17) is 0 Å². The summed E-state index contributed by atoms with van der Waals surface area (Å²) in [6, 6.07) is 18.7. The highest BCUT2D eigenvalue weighted by molar-refractivity contribution is 7.18. The minimum absolute atomic E-state index is 0.130. The van der Waals surface area contributed by atoms with Gasteiger partial charge in [-0.3, -0.25) is 4.79 Å². The minimum Gasteiger partial charge on any atom is -0.367 e. The molecule has 0 saturated carbocycles. The lowest BCUT2D eigenvalue weighted by atomic mass is 10.1. The smallest absolute Gasteiger partial charge is 0.282 e. The number of anilines is 1. The second-order valence-corrected chi connectivity index (χ2v) is 8.40. The van der Waals surface area contributed by atoms with E-state index < -0.39 is 0 Å². The molecular weight excluding hydrogens is 392 g/mol. The third-order valence-electron chi connectivity index (χ3n) is 5.26. The number of rotatable bonds is 6. The molecule has 6 heteroatoms. The molecule has 152 valence electrons. The van der Waals surface area contributed by atoms with Crippen molar-refractivity contribution in [2.75, 3.05) is 11.4 Å². The monoisotopic (exact) mass is 416 g/mol. The predicted octanol–water partition coefficient (Wildman–Crippen LogP) is 4.98. The van der Waals surface area contributed by atoms with Crippen molar-refractivity contribution >= 4 is 33.5 Å². The Balaban J connectivity index is 1.54. The third kappa shape index (κ3) is 4.04. The molecule has 0 fully saturated rings. The summed E-state index contributed by atoms with van der Waals surface area (Å²) in [4.78, 5) is 21.3. The number of hydrogen-bond donors (Lipinski definition) is 0. The van der Waals surface area contributed by atoms with Gasteiger partial charge in [0.05, 0.1) is 11.6 Å². The summed E-state index contributed by atoms with van der Waals surface area (Å²) in [5, 5.41) is 5.01. The number of nitrogens with zero attached hydrogens (tertiary/aromatic N) is 4. The molecule has 2 heterocycles. The Labute approximate surface area is 179 Å². The Morgan fingerprint density at radius 2 is 1.83 bits per heavy atom. The summed E-state index contributed by atoms with van der Waals surface area (Å²) in [7, 11) is 0. The van der Waals surface area contributed by atoms with Gasteiger partial charge >= 0.3 is 0 Å². The molecule has 2 aromatic heterocycles. The highest BCUT2D eigenvalue weighted by Crippen LogP contribution is 2.25. The van der Waals surface area contributed by atoms with Gasteiger partial charge in [-0.15, -0.1) is 11.3 Å². The van der Waals surface area contributed by atoms with Crippen LogP contribution >= 0.6 is 11.3 Å². The van der Waals surface area contributed by atoms with Crippen LogP contribution in [0.1, 0.15) is 28.5 Å². The van der Waals surface area contributed by atoms with Crippen molar-refractivity contribution < 1.29 is 0 Å².